The maximum absolute atomic E-state index is 6.10. The molecule has 112 valence electrons. The van der Waals surface area contributed by atoms with Gasteiger partial charge in [0, 0.05) is 0 Å². The SMILES string of the molecule is CNCCc1ccc(COC2CCC(C)C(C)C2)cc1. The molecule has 0 heterocycles. The van der Waals surface area contributed by atoms with Gasteiger partial charge in [-0.1, -0.05) is 38.1 Å². The van der Waals surface area contributed by atoms with Crippen LogP contribution in [-0.2, 0) is 17.8 Å². The third-order valence-corrected chi connectivity index (χ3v) is 4.72. The summed E-state index contributed by atoms with van der Waals surface area (Å²) in [5.74, 6) is 1.67. The van der Waals surface area contributed by atoms with Gasteiger partial charge in [-0.25, -0.2) is 0 Å². The van der Waals surface area contributed by atoms with Crippen LogP contribution in [0.3, 0.4) is 0 Å². The Morgan fingerprint density at radius 1 is 1.05 bits per heavy atom. The molecule has 3 unspecified atom stereocenters. The fourth-order valence-electron chi connectivity index (χ4n) is 2.94. The van der Waals surface area contributed by atoms with Gasteiger partial charge in [0.25, 0.3) is 0 Å². The highest BCUT2D eigenvalue weighted by atomic mass is 16.5. The van der Waals surface area contributed by atoms with Crippen molar-refractivity contribution >= 4 is 0 Å². The minimum Gasteiger partial charge on any atom is -0.374 e. The molecule has 0 aromatic heterocycles. The van der Waals surface area contributed by atoms with Crippen LogP contribution in [0.1, 0.15) is 44.2 Å². The van der Waals surface area contributed by atoms with E-state index in [0.717, 1.165) is 31.4 Å². The quantitative estimate of drug-likeness (QED) is 0.853. The molecule has 1 fully saturated rings. The molecule has 20 heavy (non-hydrogen) atoms. The monoisotopic (exact) mass is 275 g/mol. The Hall–Kier alpha value is -0.860. The highest BCUT2D eigenvalue weighted by molar-refractivity contribution is 5.22. The minimum atomic E-state index is 0.463. The van der Waals surface area contributed by atoms with Crippen molar-refractivity contribution in [1.82, 2.24) is 5.32 Å². The first-order valence-electron chi connectivity index (χ1n) is 8.03. The maximum atomic E-state index is 6.10. The largest absolute Gasteiger partial charge is 0.374 e. The zero-order valence-electron chi connectivity index (χ0n) is 13.2. The lowest BCUT2D eigenvalue weighted by Gasteiger charge is -2.32. The Morgan fingerprint density at radius 3 is 2.40 bits per heavy atom. The Kier molecular flexibility index (Phi) is 6.06. The average molecular weight is 275 g/mol. The zero-order valence-corrected chi connectivity index (χ0v) is 13.2. The van der Waals surface area contributed by atoms with Crippen molar-refractivity contribution in [2.45, 2.75) is 52.2 Å². The fraction of sp³-hybridized carbons (Fsp3) is 0.667. The fourth-order valence-corrected chi connectivity index (χ4v) is 2.94. The molecule has 2 rings (SSSR count). The van der Waals surface area contributed by atoms with E-state index < -0.39 is 0 Å². The summed E-state index contributed by atoms with van der Waals surface area (Å²) in [5.41, 5.74) is 2.69. The van der Waals surface area contributed by atoms with E-state index in [0.29, 0.717) is 6.10 Å². The molecule has 0 radical (unpaired) electrons. The van der Waals surface area contributed by atoms with Crippen LogP contribution in [0.5, 0.6) is 0 Å². The molecule has 0 aliphatic heterocycles. The highest BCUT2D eigenvalue weighted by Gasteiger charge is 2.24. The van der Waals surface area contributed by atoms with Crippen LogP contribution in [0.25, 0.3) is 0 Å². The van der Waals surface area contributed by atoms with Gasteiger partial charge in [0.05, 0.1) is 12.7 Å². The lowest BCUT2D eigenvalue weighted by atomic mass is 9.80. The lowest BCUT2D eigenvalue weighted by Crippen LogP contribution is -2.26. The van der Waals surface area contributed by atoms with Crippen LogP contribution < -0.4 is 5.32 Å². The molecule has 1 aliphatic carbocycles. The Labute approximate surface area is 123 Å². The van der Waals surface area contributed by atoms with Gasteiger partial charge in [0.15, 0.2) is 0 Å². The van der Waals surface area contributed by atoms with Gasteiger partial charge in [0.1, 0.15) is 0 Å². The molecular weight excluding hydrogens is 246 g/mol. The van der Waals surface area contributed by atoms with E-state index in [2.05, 4.69) is 43.4 Å². The van der Waals surface area contributed by atoms with Crippen molar-refractivity contribution in [1.29, 1.82) is 0 Å². The van der Waals surface area contributed by atoms with Crippen molar-refractivity contribution in [2.24, 2.45) is 11.8 Å². The first kappa shape index (κ1) is 15.5. The van der Waals surface area contributed by atoms with Crippen LogP contribution >= 0.6 is 0 Å². The smallest absolute Gasteiger partial charge is 0.0720 e. The van der Waals surface area contributed by atoms with Crippen molar-refractivity contribution in [3.05, 3.63) is 35.4 Å². The van der Waals surface area contributed by atoms with Gasteiger partial charge >= 0.3 is 0 Å². The van der Waals surface area contributed by atoms with E-state index in [9.17, 15) is 0 Å². The summed E-state index contributed by atoms with van der Waals surface area (Å²) in [5, 5.41) is 3.18. The molecule has 2 nitrogen and oxygen atoms in total. The number of hydrogen-bond donors (Lipinski definition) is 1. The highest BCUT2D eigenvalue weighted by Crippen LogP contribution is 2.31. The summed E-state index contributed by atoms with van der Waals surface area (Å²) in [6, 6.07) is 8.86. The molecule has 1 saturated carbocycles. The second-order valence-corrected chi connectivity index (χ2v) is 6.37. The Balaban J connectivity index is 1.76. The predicted molar refractivity (Wildman–Crippen MR) is 84.8 cm³/mol. The maximum Gasteiger partial charge on any atom is 0.0720 e. The molecule has 0 spiro atoms. The van der Waals surface area contributed by atoms with E-state index in [-0.39, 0.29) is 0 Å². The van der Waals surface area contributed by atoms with Crippen LogP contribution in [0.4, 0.5) is 0 Å². The topological polar surface area (TPSA) is 21.3 Å². The van der Waals surface area contributed by atoms with E-state index in [1.165, 1.54) is 30.4 Å². The normalized spacial score (nSPS) is 26.6. The summed E-state index contributed by atoms with van der Waals surface area (Å²) < 4.78 is 6.10. The molecule has 3 atom stereocenters. The molecule has 1 aromatic rings. The van der Waals surface area contributed by atoms with Crippen LogP contribution in [-0.4, -0.2) is 19.7 Å². The predicted octanol–water partition coefficient (Wildman–Crippen LogP) is 3.79. The lowest BCUT2D eigenvalue weighted by molar-refractivity contribution is -0.00745. The number of rotatable bonds is 6. The summed E-state index contributed by atoms with van der Waals surface area (Å²) in [7, 11) is 1.99. The van der Waals surface area contributed by atoms with Gasteiger partial charge in [-0.2, -0.15) is 0 Å². The number of likely N-dealkylation sites (N-methyl/N-ethyl adjacent to an activating group) is 1. The van der Waals surface area contributed by atoms with Gasteiger partial charge in [0.2, 0.25) is 0 Å². The number of hydrogen-bond acceptors (Lipinski definition) is 2. The molecule has 0 amide bonds. The summed E-state index contributed by atoms with van der Waals surface area (Å²) in [6.07, 6.45) is 5.32. The van der Waals surface area contributed by atoms with E-state index in [1.54, 1.807) is 0 Å². The first-order chi connectivity index (χ1) is 9.69. The standard InChI is InChI=1S/C18H29NO/c1-14-4-9-18(12-15(14)2)20-13-17-7-5-16(6-8-17)10-11-19-3/h5-8,14-15,18-19H,4,9-13H2,1-3H3. The number of ether oxygens (including phenoxy) is 1. The molecular formula is C18H29NO. The molecule has 1 N–H and O–H groups in total. The number of benzene rings is 1. The average Bonchev–Trinajstić information content (AvgIpc) is 2.47. The number of nitrogens with one attached hydrogen (secondary N) is 1. The summed E-state index contributed by atoms with van der Waals surface area (Å²) in [4.78, 5) is 0. The molecule has 0 bridgehead atoms. The van der Waals surface area contributed by atoms with Crippen LogP contribution in [0, 0.1) is 11.8 Å². The van der Waals surface area contributed by atoms with Gasteiger partial charge < -0.3 is 10.1 Å². The minimum absolute atomic E-state index is 0.463. The van der Waals surface area contributed by atoms with E-state index in [4.69, 9.17) is 4.74 Å². The van der Waals surface area contributed by atoms with Gasteiger partial charge in [-0.05, 0) is 62.2 Å². The van der Waals surface area contributed by atoms with Crippen LogP contribution in [0.15, 0.2) is 24.3 Å². The summed E-state index contributed by atoms with van der Waals surface area (Å²) >= 11 is 0. The van der Waals surface area contributed by atoms with Gasteiger partial charge in [-0.15, -0.1) is 0 Å². The third kappa shape index (κ3) is 4.60. The van der Waals surface area contributed by atoms with Gasteiger partial charge in [-0.3, -0.25) is 0 Å². The summed E-state index contributed by atoms with van der Waals surface area (Å²) in [6.45, 7) is 6.52. The first-order valence-corrected chi connectivity index (χ1v) is 8.03. The Bertz CT molecular complexity index is 387. The van der Waals surface area contributed by atoms with Crippen molar-refractivity contribution in [3.63, 3.8) is 0 Å². The Morgan fingerprint density at radius 2 is 1.75 bits per heavy atom. The van der Waals surface area contributed by atoms with E-state index in [1.807, 2.05) is 7.05 Å². The van der Waals surface area contributed by atoms with Crippen molar-refractivity contribution in [2.75, 3.05) is 13.6 Å². The molecule has 1 aromatic carbocycles. The van der Waals surface area contributed by atoms with Crippen molar-refractivity contribution < 1.29 is 4.74 Å². The third-order valence-electron chi connectivity index (χ3n) is 4.72. The van der Waals surface area contributed by atoms with Crippen molar-refractivity contribution in [3.8, 4) is 0 Å². The molecule has 1 aliphatic rings. The molecule has 2 heteroatoms. The van der Waals surface area contributed by atoms with Crippen LogP contribution in [0.2, 0.25) is 0 Å². The zero-order chi connectivity index (χ0) is 14.4. The molecule has 0 saturated heterocycles. The second kappa shape index (κ2) is 7.80. The van der Waals surface area contributed by atoms with E-state index >= 15 is 0 Å². The second-order valence-electron chi connectivity index (χ2n) is 6.37.